The largest absolute Gasteiger partial charge is 0.444 e. The van der Waals surface area contributed by atoms with Crippen LogP contribution >= 0.6 is 0 Å². The van der Waals surface area contributed by atoms with Crippen molar-refractivity contribution in [2.45, 2.75) is 71.1 Å². The summed E-state index contributed by atoms with van der Waals surface area (Å²) in [6.07, 6.45) is 2.98. The molecule has 6 nitrogen and oxygen atoms in total. The van der Waals surface area contributed by atoms with E-state index in [-0.39, 0.29) is 24.1 Å². The predicted octanol–water partition coefficient (Wildman–Crippen LogP) is 1.63. The molecule has 2 unspecified atom stereocenters. The molecule has 0 aromatic carbocycles. The van der Waals surface area contributed by atoms with Crippen LogP contribution in [0.25, 0.3) is 0 Å². The Kier molecular flexibility index (Phi) is 6.45. The van der Waals surface area contributed by atoms with Crippen LogP contribution in [0.15, 0.2) is 0 Å². The first-order valence-corrected chi connectivity index (χ1v) is 7.70. The van der Waals surface area contributed by atoms with Gasteiger partial charge in [-0.15, -0.1) is 0 Å². The normalized spacial score (nSPS) is 20.4. The number of primary amides is 1. The standard InChI is InChI=1S/C15H29N3O3/c1-11(17-8-7-13(16)19)10-12-6-5-9-18(12)14(20)21-15(2,3)4/h11-12,17H,5-10H2,1-4H3,(H2,16,19). The smallest absolute Gasteiger partial charge is 0.410 e. The maximum Gasteiger partial charge on any atom is 0.410 e. The number of ether oxygens (including phenoxy) is 1. The minimum Gasteiger partial charge on any atom is -0.444 e. The van der Waals surface area contributed by atoms with Crippen molar-refractivity contribution in [1.29, 1.82) is 0 Å². The summed E-state index contributed by atoms with van der Waals surface area (Å²) in [7, 11) is 0. The average Bonchev–Trinajstić information content (AvgIpc) is 2.74. The molecule has 1 rings (SSSR count). The molecule has 1 heterocycles. The second kappa shape index (κ2) is 7.64. The number of likely N-dealkylation sites (tertiary alicyclic amines) is 1. The molecule has 0 spiro atoms. The summed E-state index contributed by atoms with van der Waals surface area (Å²) in [5, 5.41) is 3.27. The van der Waals surface area contributed by atoms with Gasteiger partial charge < -0.3 is 20.7 Å². The molecule has 0 bridgehead atoms. The van der Waals surface area contributed by atoms with Gasteiger partial charge in [0.25, 0.3) is 0 Å². The lowest BCUT2D eigenvalue weighted by Gasteiger charge is -2.30. The van der Waals surface area contributed by atoms with Crippen LogP contribution in [0.5, 0.6) is 0 Å². The second-order valence-corrected chi connectivity index (χ2v) is 6.78. The minimum atomic E-state index is -0.463. The van der Waals surface area contributed by atoms with Crippen molar-refractivity contribution < 1.29 is 14.3 Å². The van der Waals surface area contributed by atoms with Gasteiger partial charge in [0.2, 0.25) is 5.91 Å². The first-order valence-electron chi connectivity index (χ1n) is 7.70. The van der Waals surface area contributed by atoms with Gasteiger partial charge in [-0.25, -0.2) is 4.79 Å². The molecule has 0 aromatic heterocycles. The van der Waals surface area contributed by atoms with E-state index in [2.05, 4.69) is 12.2 Å². The Morgan fingerprint density at radius 3 is 2.67 bits per heavy atom. The third kappa shape index (κ3) is 6.80. The summed E-state index contributed by atoms with van der Waals surface area (Å²) in [6.45, 7) is 9.04. The van der Waals surface area contributed by atoms with Gasteiger partial charge in [0, 0.05) is 31.6 Å². The number of rotatable bonds is 6. The average molecular weight is 299 g/mol. The highest BCUT2D eigenvalue weighted by molar-refractivity contribution is 5.73. The number of carbonyl (C=O) groups excluding carboxylic acids is 2. The van der Waals surface area contributed by atoms with Crippen LogP contribution in [-0.4, -0.2) is 47.7 Å². The van der Waals surface area contributed by atoms with Crippen LogP contribution in [-0.2, 0) is 9.53 Å². The molecular formula is C15H29N3O3. The van der Waals surface area contributed by atoms with Crippen LogP contribution in [0, 0.1) is 0 Å². The number of hydrogen-bond acceptors (Lipinski definition) is 4. The lowest BCUT2D eigenvalue weighted by atomic mass is 10.1. The molecular weight excluding hydrogens is 270 g/mol. The lowest BCUT2D eigenvalue weighted by molar-refractivity contribution is -0.117. The zero-order valence-corrected chi connectivity index (χ0v) is 13.6. The number of nitrogens with one attached hydrogen (secondary N) is 1. The van der Waals surface area contributed by atoms with Gasteiger partial charge >= 0.3 is 6.09 Å². The molecule has 21 heavy (non-hydrogen) atoms. The molecule has 122 valence electrons. The quantitative estimate of drug-likeness (QED) is 0.780. The Labute approximate surface area is 127 Å². The Morgan fingerprint density at radius 2 is 2.10 bits per heavy atom. The minimum absolute atomic E-state index is 0.205. The summed E-state index contributed by atoms with van der Waals surface area (Å²) in [6, 6.07) is 0.438. The fourth-order valence-electron chi connectivity index (χ4n) is 2.57. The highest BCUT2D eigenvalue weighted by Gasteiger charge is 2.32. The van der Waals surface area contributed by atoms with Crippen molar-refractivity contribution in [2.24, 2.45) is 5.73 Å². The van der Waals surface area contributed by atoms with Gasteiger partial charge in [-0.2, -0.15) is 0 Å². The molecule has 1 aliphatic heterocycles. The number of hydrogen-bond donors (Lipinski definition) is 2. The molecule has 1 saturated heterocycles. The van der Waals surface area contributed by atoms with Gasteiger partial charge in [0.1, 0.15) is 5.60 Å². The molecule has 2 atom stereocenters. The Morgan fingerprint density at radius 1 is 1.43 bits per heavy atom. The fourth-order valence-corrected chi connectivity index (χ4v) is 2.57. The first kappa shape index (κ1) is 17.8. The number of nitrogens with zero attached hydrogens (tertiary/aromatic N) is 1. The van der Waals surface area contributed by atoms with E-state index in [0.717, 1.165) is 25.8 Å². The van der Waals surface area contributed by atoms with Crippen LogP contribution < -0.4 is 11.1 Å². The van der Waals surface area contributed by atoms with Crippen LogP contribution in [0.1, 0.15) is 53.4 Å². The van der Waals surface area contributed by atoms with Gasteiger partial charge in [-0.1, -0.05) is 0 Å². The van der Waals surface area contributed by atoms with Crippen molar-refractivity contribution in [3.8, 4) is 0 Å². The summed E-state index contributed by atoms with van der Waals surface area (Å²) in [5.74, 6) is -0.300. The molecule has 1 fully saturated rings. The van der Waals surface area contributed by atoms with E-state index in [9.17, 15) is 9.59 Å². The topological polar surface area (TPSA) is 84.7 Å². The highest BCUT2D eigenvalue weighted by atomic mass is 16.6. The molecule has 1 aliphatic rings. The summed E-state index contributed by atoms with van der Waals surface area (Å²) in [5.41, 5.74) is 4.65. The zero-order chi connectivity index (χ0) is 16.0. The van der Waals surface area contributed by atoms with Crippen molar-refractivity contribution in [3.63, 3.8) is 0 Å². The van der Waals surface area contributed by atoms with E-state index < -0.39 is 5.60 Å². The van der Waals surface area contributed by atoms with E-state index >= 15 is 0 Å². The molecule has 6 heteroatoms. The highest BCUT2D eigenvalue weighted by Crippen LogP contribution is 2.23. The molecule has 0 aliphatic carbocycles. The van der Waals surface area contributed by atoms with Crippen molar-refractivity contribution in [1.82, 2.24) is 10.2 Å². The van der Waals surface area contributed by atoms with Crippen LogP contribution in [0.2, 0.25) is 0 Å². The van der Waals surface area contributed by atoms with Crippen LogP contribution in [0.4, 0.5) is 4.79 Å². The first-order chi connectivity index (χ1) is 9.69. The fraction of sp³-hybridized carbons (Fsp3) is 0.867. The number of amides is 2. The van der Waals surface area contributed by atoms with E-state index in [0.29, 0.717) is 13.0 Å². The van der Waals surface area contributed by atoms with Crippen LogP contribution in [0.3, 0.4) is 0 Å². The Bertz CT molecular complexity index is 366. The number of nitrogens with two attached hydrogens (primary N) is 1. The van der Waals surface area contributed by atoms with Gasteiger partial charge in [-0.3, -0.25) is 4.79 Å². The molecule has 0 radical (unpaired) electrons. The van der Waals surface area contributed by atoms with Crippen molar-refractivity contribution in [2.75, 3.05) is 13.1 Å². The molecule has 2 amide bonds. The monoisotopic (exact) mass is 299 g/mol. The van der Waals surface area contributed by atoms with Gasteiger partial charge in [0.05, 0.1) is 0 Å². The van der Waals surface area contributed by atoms with Crippen molar-refractivity contribution >= 4 is 12.0 Å². The number of carbonyl (C=O) groups is 2. The zero-order valence-electron chi connectivity index (χ0n) is 13.6. The lowest BCUT2D eigenvalue weighted by Crippen LogP contribution is -2.42. The Hall–Kier alpha value is -1.30. The maximum atomic E-state index is 12.2. The maximum absolute atomic E-state index is 12.2. The summed E-state index contributed by atoms with van der Waals surface area (Å²) >= 11 is 0. The van der Waals surface area contributed by atoms with Gasteiger partial charge in [-0.05, 0) is 47.0 Å². The molecule has 3 N–H and O–H groups in total. The Balaban J connectivity index is 2.42. The van der Waals surface area contributed by atoms with Crippen molar-refractivity contribution in [3.05, 3.63) is 0 Å². The predicted molar refractivity (Wildman–Crippen MR) is 81.9 cm³/mol. The third-order valence-electron chi connectivity index (χ3n) is 3.49. The van der Waals surface area contributed by atoms with Gasteiger partial charge in [0.15, 0.2) is 0 Å². The van der Waals surface area contributed by atoms with E-state index in [4.69, 9.17) is 10.5 Å². The third-order valence-corrected chi connectivity index (χ3v) is 3.49. The second-order valence-electron chi connectivity index (χ2n) is 6.78. The molecule has 0 saturated carbocycles. The van der Waals surface area contributed by atoms with E-state index in [1.807, 2.05) is 25.7 Å². The molecule has 0 aromatic rings. The summed E-state index contributed by atoms with van der Waals surface area (Å²) < 4.78 is 5.45. The SMILES string of the molecule is CC(CC1CCCN1C(=O)OC(C)(C)C)NCCC(N)=O. The van der Waals surface area contributed by atoms with E-state index in [1.54, 1.807) is 0 Å². The van der Waals surface area contributed by atoms with E-state index in [1.165, 1.54) is 0 Å². The summed E-state index contributed by atoms with van der Waals surface area (Å²) in [4.78, 5) is 24.7.